The Morgan fingerprint density at radius 3 is 2.62 bits per heavy atom. The number of carbonyl (C=O) groups excluding carboxylic acids is 1. The number of carbonyl (C=O) groups is 1. The molecule has 0 bridgehead atoms. The van der Waals surface area contributed by atoms with Crippen LogP contribution in [-0.4, -0.2) is 31.0 Å². The molecule has 0 spiro atoms. The predicted molar refractivity (Wildman–Crippen MR) is 140 cm³/mol. The second kappa shape index (κ2) is 11.2. The van der Waals surface area contributed by atoms with Crippen molar-refractivity contribution in [3.63, 3.8) is 0 Å². The molecule has 2 radical (unpaired) electrons. The van der Waals surface area contributed by atoms with Crippen molar-refractivity contribution in [1.29, 1.82) is 0 Å². The number of primary amides is 1. The van der Waals surface area contributed by atoms with Gasteiger partial charge in [0.05, 0.1) is 11.2 Å². The van der Waals surface area contributed by atoms with E-state index in [1.165, 1.54) is 0 Å². The van der Waals surface area contributed by atoms with Crippen LogP contribution >= 0.6 is 12.1 Å². The van der Waals surface area contributed by atoms with Gasteiger partial charge in [-0.1, -0.05) is 42.5 Å². The van der Waals surface area contributed by atoms with Crippen molar-refractivity contribution < 1.29 is 14.3 Å². The molecule has 4 rings (SSSR count). The van der Waals surface area contributed by atoms with Gasteiger partial charge < -0.3 is 15.2 Å². The number of hydrogen-bond donors (Lipinski definition) is 2. The van der Waals surface area contributed by atoms with Crippen molar-refractivity contribution in [1.82, 2.24) is 9.78 Å². The zero-order chi connectivity index (χ0) is 23.9. The average molecular weight is 488 g/mol. The number of nitrogens with zero attached hydrogens (tertiary/aromatic N) is 2. The fourth-order valence-electron chi connectivity index (χ4n) is 3.54. The lowest BCUT2D eigenvalue weighted by Gasteiger charge is -2.10. The number of thiol groups is 1. The Morgan fingerprint density at radius 1 is 1.09 bits per heavy atom. The molecule has 2 N–H and O–H groups in total. The molecule has 4 aromatic rings. The Hall–Kier alpha value is -3.33. The van der Waals surface area contributed by atoms with Crippen LogP contribution in [0.15, 0.2) is 66.7 Å². The molecule has 172 valence electrons. The lowest BCUT2D eigenvalue weighted by molar-refractivity contribution is 0.0824. The van der Waals surface area contributed by atoms with Gasteiger partial charge in [0, 0.05) is 23.6 Å². The minimum atomic E-state index is -0.481. The minimum Gasteiger partial charge on any atom is -0.457 e. The van der Waals surface area contributed by atoms with E-state index in [9.17, 15) is 4.79 Å². The second-order valence-electron chi connectivity index (χ2n) is 7.70. The molecule has 0 aliphatic carbocycles. The summed E-state index contributed by atoms with van der Waals surface area (Å²) in [6, 6.07) is 22.1. The van der Waals surface area contributed by atoms with Gasteiger partial charge in [-0.15, -0.1) is 0 Å². The summed E-state index contributed by atoms with van der Waals surface area (Å²) in [5.41, 5.74) is 9.56. The molecule has 0 aliphatic heterocycles. The number of benzene rings is 3. The summed E-state index contributed by atoms with van der Waals surface area (Å²) in [6.07, 6.45) is 4.04. The maximum Gasteiger partial charge on any atom is 0.249 e. The Labute approximate surface area is 206 Å². The van der Waals surface area contributed by atoms with Gasteiger partial charge in [-0.25, -0.2) is 16.8 Å². The summed E-state index contributed by atoms with van der Waals surface area (Å²) in [4.78, 5) is 11.7. The summed E-state index contributed by atoms with van der Waals surface area (Å²) in [5, 5.41) is 5.76. The maximum atomic E-state index is 11.7. The van der Waals surface area contributed by atoms with E-state index in [0.29, 0.717) is 39.1 Å². The molecule has 0 saturated heterocycles. The predicted octanol–water partition coefficient (Wildman–Crippen LogP) is 5.35. The molecule has 0 atom stereocenters. The Morgan fingerprint density at radius 2 is 1.85 bits per heavy atom. The van der Waals surface area contributed by atoms with Gasteiger partial charge in [0.25, 0.3) is 0 Å². The molecule has 1 amide bonds. The minimum absolute atomic E-state index is 0.327. The number of fused-ring (bicyclic) bond motifs is 1. The number of amides is 1. The van der Waals surface area contributed by atoms with Crippen molar-refractivity contribution in [3.8, 4) is 11.5 Å². The van der Waals surface area contributed by atoms with Crippen LogP contribution in [0.1, 0.15) is 27.2 Å². The van der Waals surface area contributed by atoms with E-state index < -0.39 is 5.91 Å². The number of aromatic nitrogens is 2. The van der Waals surface area contributed by atoms with E-state index in [1.54, 1.807) is 6.07 Å². The SMILES string of the molecule is Cc1ccc(Oc2ccc3c(/C=C/c4ccccc4)nn(COCC[Si]S)c3c2)cc1C(N)=O. The topological polar surface area (TPSA) is 79.4 Å². The molecule has 0 unspecified atom stereocenters. The molecule has 1 heterocycles. The highest BCUT2D eigenvalue weighted by atomic mass is 32.3. The Kier molecular flexibility index (Phi) is 7.84. The normalized spacial score (nSPS) is 11.4. The smallest absolute Gasteiger partial charge is 0.249 e. The molecule has 6 nitrogen and oxygen atoms in total. The second-order valence-corrected chi connectivity index (χ2v) is 9.46. The van der Waals surface area contributed by atoms with Crippen LogP contribution in [0, 0.1) is 6.92 Å². The highest BCUT2D eigenvalue weighted by molar-refractivity contribution is 8.06. The van der Waals surface area contributed by atoms with Crippen molar-refractivity contribution in [2.75, 3.05) is 6.61 Å². The monoisotopic (exact) mass is 487 g/mol. The number of rotatable bonds is 10. The van der Waals surface area contributed by atoms with Crippen molar-refractivity contribution >= 4 is 49.7 Å². The van der Waals surface area contributed by atoms with Crippen molar-refractivity contribution in [2.24, 2.45) is 5.73 Å². The van der Waals surface area contributed by atoms with Gasteiger partial charge in [0.1, 0.15) is 26.9 Å². The van der Waals surface area contributed by atoms with E-state index in [2.05, 4.69) is 12.1 Å². The van der Waals surface area contributed by atoms with Crippen molar-refractivity contribution in [2.45, 2.75) is 19.7 Å². The first-order valence-electron chi connectivity index (χ1n) is 10.8. The highest BCUT2D eigenvalue weighted by Crippen LogP contribution is 2.29. The van der Waals surface area contributed by atoms with Crippen LogP contribution in [0.2, 0.25) is 6.04 Å². The maximum absolute atomic E-state index is 11.7. The summed E-state index contributed by atoms with van der Waals surface area (Å²) in [5.74, 6) is 0.689. The van der Waals surface area contributed by atoms with E-state index in [4.69, 9.17) is 20.3 Å². The van der Waals surface area contributed by atoms with Crippen molar-refractivity contribution in [3.05, 3.63) is 89.1 Å². The van der Waals surface area contributed by atoms with Gasteiger partial charge >= 0.3 is 0 Å². The van der Waals surface area contributed by atoms with Crippen LogP contribution in [0.3, 0.4) is 0 Å². The average Bonchev–Trinajstić information content (AvgIpc) is 3.19. The van der Waals surface area contributed by atoms with Gasteiger partial charge in [0.15, 0.2) is 0 Å². The first-order chi connectivity index (χ1) is 16.5. The fraction of sp³-hybridized carbons (Fsp3) is 0.154. The van der Waals surface area contributed by atoms with E-state index in [-0.39, 0.29) is 0 Å². The molecule has 34 heavy (non-hydrogen) atoms. The highest BCUT2D eigenvalue weighted by Gasteiger charge is 2.12. The lowest BCUT2D eigenvalue weighted by Crippen LogP contribution is -2.12. The molecule has 0 fully saturated rings. The van der Waals surface area contributed by atoms with Gasteiger partial charge in [-0.2, -0.15) is 5.10 Å². The van der Waals surface area contributed by atoms with Crippen LogP contribution in [0.4, 0.5) is 0 Å². The van der Waals surface area contributed by atoms with E-state index in [0.717, 1.165) is 33.8 Å². The first kappa shape index (κ1) is 23.8. The summed E-state index contributed by atoms with van der Waals surface area (Å²) >= 11 is 4.26. The van der Waals surface area contributed by atoms with Crippen LogP contribution in [0.5, 0.6) is 11.5 Å². The third-order valence-corrected chi connectivity index (χ3v) is 6.37. The van der Waals surface area contributed by atoms with Gasteiger partial charge in [0.2, 0.25) is 5.91 Å². The number of aryl methyl sites for hydroxylation is 1. The number of ether oxygens (including phenoxy) is 2. The standard InChI is InChI=1S/C26H25N3O3SSi/c1-18-7-9-20(15-23(18)26(27)30)32-21-10-11-22-24(12-8-19-5-3-2-4-6-19)28-29(25(22)16-21)17-31-13-14-34-33/h2-12,15-16,33H,13-14,17H2,1H3,(H2,27,30)/b12-8+. The Balaban J connectivity index is 1.66. The summed E-state index contributed by atoms with van der Waals surface area (Å²) < 4.78 is 13.7. The summed E-state index contributed by atoms with van der Waals surface area (Å²) in [7, 11) is 0.549. The van der Waals surface area contributed by atoms with Gasteiger partial charge in [-0.05, 0) is 54.4 Å². The molecule has 3 aromatic carbocycles. The molecular formula is C26H25N3O3SSi. The van der Waals surface area contributed by atoms with Crippen LogP contribution in [-0.2, 0) is 11.5 Å². The quantitative estimate of drug-likeness (QED) is 0.180. The van der Waals surface area contributed by atoms with Crippen LogP contribution in [0.25, 0.3) is 23.1 Å². The zero-order valence-corrected chi connectivity index (χ0v) is 20.7. The van der Waals surface area contributed by atoms with E-state index in [1.807, 2.05) is 84.4 Å². The third-order valence-electron chi connectivity index (χ3n) is 5.27. The lowest BCUT2D eigenvalue weighted by atomic mass is 10.1. The fourth-order valence-corrected chi connectivity index (χ4v) is 4.05. The van der Waals surface area contributed by atoms with Gasteiger partial charge in [-0.3, -0.25) is 4.79 Å². The number of nitrogens with two attached hydrogens (primary N) is 1. The molecule has 0 aliphatic rings. The van der Waals surface area contributed by atoms with E-state index >= 15 is 0 Å². The number of hydrogen-bond acceptors (Lipinski definition) is 5. The van der Waals surface area contributed by atoms with Crippen LogP contribution < -0.4 is 10.5 Å². The largest absolute Gasteiger partial charge is 0.457 e. The first-order valence-corrected chi connectivity index (χ1v) is 13.3. The molecular weight excluding hydrogens is 462 g/mol. The zero-order valence-electron chi connectivity index (χ0n) is 18.8. The Bertz CT molecular complexity index is 1320. The molecule has 1 aromatic heterocycles. The summed E-state index contributed by atoms with van der Waals surface area (Å²) in [6.45, 7) is 2.79. The third kappa shape index (κ3) is 5.77. The molecule has 8 heteroatoms. The molecule has 0 saturated carbocycles.